The van der Waals surface area contributed by atoms with E-state index in [1.807, 2.05) is 32.8 Å². The first-order valence-electron chi connectivity index (χ1n) is 9.56. The molecule has 9 heteroatoms. The van der Waals surface area contributed by atoms with Crippen LogP contribution in [-0.4, -0.2) is 66.8 Å². The van der Waals surface area contributed by atoms with Crippen molar-refractivity contribution in [3.05, 3.63) is 5.82 Å². The number of hydrogen-bond acceptors (Lipinski definition) is 8. The highest BCUT2D eigenvalue weighted by Gasteiger charge is 2.28. The van der Waals surface area contributed by atoms with Gasteiger partial charge in [0.15, 0.2) is 0 Å². The third kappa shape index (κ3) is 9.68. The van der Waals surface area contributed by atoms with Crippen molar-refractivity contribution in [1.29, 1.82) is 0 Å². The highest BCUT2D eigenvalue weighted by molar-refractivity contribution is 5.98. The maximum Gasteiger partial charge on any atom is 0.417 e. The molecule has 0 spiro atoms. The summed E-state index contributed by atoms with van der Waals surface area (Å²) in [4.78, 5) is 30.7. The van der Waals surface area contributed by atoms with Gasteiger partial charge in [-0.3, -0.25) is 9.32 Å². The van der Waals surface area contributed by atoms with E-state index in [1.165, 1.54) is 0 Å². The van der Waals surface area contributed by atoms with Gasteiger partial charge >= 0.3 is 12.2 Å². The van der Waals surface area contributed by atoms with Crippen molar-refractivity contribution in [2.24, 2.45) is 11.3 Å². The summed E-state index contributed by atoms with van der Waals surface area (Å²) in [7, 11) is 3.82. The van der Waals surface area contributed by atoms with Gasteiger partial charge in [-0.15, -0.1) is 4.98 Å². The minimum atomic E-state index is -0.797. The van der Waals surface area contributed by atoms with Gasteiger partial charge in [0, 0.05) is 6.54 Å². The first-order chi connectivity index (χ1) is 13.0. The van der Waals surface area contributed by atoms with Gasteiger partial charge in [-0.25, -0.2) is 4.79 Å². The number of nitrogens with one attached hydrogen (secondary N) is 1. The number of carbonyl (C=O) groups excluding carboxylic acids is 2. The topological polar surface area (TPSA) is 107 Å². The molecule has 1 heterocycles. The Balaban J connectivity index is 2.66. The molecular formula is C19H34N4O5. The number of rotatable bonds is 11. The average Bonchev–Trinajstić information content (AvgIpc) is 3.00. The number of carbonyl (C=O) groups is 2. The molecule has 0 aliphatic rings. The molecule has 0 aliphatic carbocycles. The SMILES string of the molecule is CC(C)CC(NC(=O)OCCC(C)(C)C)C(=O)c1noc(OCCN(C)C)n1. The molecule has 28 heavy (non-hydrogen) atoms. The third-order valence-corrected chi connectivity index (χ3v) is 3.79. The lowest BCUT2D eigenvalue weighted by atomic mass is 9.93. The first-order valence-corrected chi connectivity index (χ1v) is 9.56. The molecule has 0 bridgehead atoms. The second-order valence-electron chi connectivity index (χ2n) is 8.67. The number of nitrogens with zero attached hydrogens (tertiary/aromatic N) is 3. The number of ether oxygens (including phenoxy) is 2. The van der Waals surface area contributed by atoms with Crippen LogP contribution in [0, 0.1) is 11.3 Å². The highest BCUT2D eigenvalue weighted by Crippen LogP contribution is 2.18. The molecule has 1 aromatic rings. The quantitative estimate of drug-likeness (QED) is 0.567. The molecule has 9 nitrogen and oxygen atoms in total. The zero-order valence-electron chi connectivity index (χ0n) is 18.1. The molecule has 0 aliphatic heterocycles. The highest BCUT2D eigenvalue weighted by atomic mass is 16.6. The Morgan fingerprint density at radius 1 is 1.21 bits per heavy atom. The summed E-state index contributed by atoms with van der Waals surface area (Å²) in [5.41, 5.74) is 0.0566. The van der Waals surface area contributed by atoms with Crippen molar-refractivity contribution in [2.45, 2.75) is 53.5 Å². The van der Waals surface area contributed by atoms with Crippen LogP contribution in [-0.2, 0) is 4.74 Å². The molecule has 1 rings (SSSR count). The number of hydrogen-bond donors (Lipinski definition) is 1. The second-order valence-corrected chi connectivity index (χ2v) is 8.67. The molecule has 160 valence electrons. The Hall–Kier alpha value is -2.16. The summed E-state index contributed by atoms with van der Waals surface area (Å²) < 4.78 is 15.5. The maximum absolute atomic E-state index is 12.7. The van der Waals surface area contributed by atoms with Crippen molar-refractivity contribution >= 4 is 11.9 Å². The fraction of sp³-hybridized carbons (Fsp3) is 0.789. The molecule has 0 radical (unpaired) electrons. The van der Waals surface area contributed by atoms with Crippen LogP contribution in [0.5, 0.6) is 6.08 Å². The molecule has 0 saturated heterocycles. The summed E-state index contributed by atoms with van der Waals surface area (Å²) in [5.74, 6) is -0.389. The third-order valence-electron chi connectivity index (χ3n) is 3.79. The molecule has 1 amide bonds. The standard InChI is InChI=1S/C19H34N4O5/c1-13(2)12-14(20-17(25)26-10-8-19(3,4)5)15(24)16-21-18(28-22-16)27-11-9-23(6)7/h13-14H,8-12H2,1-7H3,(H,20,25). The molecular weight excluding hydrogens is 364 g/mol. The summed E-state index contributed by atoms with van der Waals surface area (Å²) in [6, 6.07) is -0.797. The van der Waals surface area contributed by atoms with Crippen molar-refractivity contribution in [3.63, 3.8) is 0 Å². The molecule has 1 N–H and O–H groups in total. The normalized spacial score (nSPS) is 12.9. The lowest BCUT2D eigenvalue weighted by molar-refractivity contribution is 0.0885. The zero-order valence-corrected chi connectivity index (χ0v) is 18.1. The van der Waals surface area contributed by atoms with E-state index in [1.54, 1.807) is 0 Å². The van der Waals surface area contributed by atoms with E-state index >= 15 is 0 Å². The largest absolute Gasteiger partial charge is 0.450 e. The van der Waals surface area contributed by atoms with E-state index in [4.69, 9.17) is 14.0 Å². The second kappa shape index (κ2) is 11.0. The monoisotopic (exact) mass is 398 g/mol. The molecule has 1 unspecified atom stereocenters. The van der Waals surface area contributed by atoms with Crippen molar-refractivity contribution < 1.29 is 23.6 Å². The van der Waals surface area contributed by atoms with Crippen LogP contribution in [0.2, 0.25) is 0 Å². The van der Waals surface area contributed by atoms with E-state index in [-0.39, 0.29) is 29.8 Å². The lowest BCUT2D eigenvalue weighted by Gasteiger charge is -2.20. The van der Waals surface area contributed by atoms with E-state index in [0.717, 1.165) is 6.42 Å². The smallest absolute Gasteiger partial charge is 0.417 e. The number of ketones is 1. The predicted octanol–water partition coefficient (Wildman–Crippen LogP) is 2.77. The van der Waals surface area contributed by atoms with Gasteiger partial charge < -0.3 is 19.7 Å². The van der Waals surface area contributed by atoms with Crippen molar-refractivity contribution in [3.8, 4) is 6.08 Å². The van der Waals surface area contributed by atoms with Gasteiger partial charge in [-0.05, 0) is 43.4 Å². The zero-order chi connectivity index (χ0) is 21.3. The van der Waals surface area contributed by atoms with Crippen molar-refractivity contribution in [1.82, 2.24) is 20.4 Å². The predicted molar refractivity (Wildman–Crippen MR) is 104 cm³/mol. The molecule has 0 fully saturated rings. The van der Waals surface area contributed by atoms with Gasteiger partial charge in [0.25, 0.3) is 0 Å². The number of Topliss-reactive ketones (excluding diaryl/α,β-unsaturated/α-hetero) is 1. The average molecular weight is 399 g/mol. The Kier molecular flexibility index (Phi) is 9.37. The van der Waals surface area contributed by atoms with Crippen LogP contribution in [0.25, 0.3) is 0 Å². The van der Waals surface area contributed by atoms with Crippen LogP contribution in [0.4, 0.5) is 4.79 Å². The van der Waals surface area contributed by atoms with E-state index in [2.05, 4.69) is 36.2 Å². The number of amides is 1. The molecule has 1 atom stereocenters. The summed E-state index contributed by atoms with van der Waals surface area (Å²) in [6.45, 7) is 11.4. The van der Waals surface area contributed by atoms with E-state index < -0.39 is 17.9 Å². The van der Waals surface area contributed by atoms with Gasteiger partial charge in [-0.1, -0.05) is 34.6 Å². The molecule has 0 aromatic carbocycles. The number of aromatic nitrogens is 2. The van der Waals surface area contributed by atoms with E-state index in [9.17, 15) is 9.59 Å². The fourth-order valence-electron chi connectivity index (χ4n) is 2.18. The Morgan fingerprint density at radius 3 is 2.46 bits per heavy atom. The van der Waals surface area contributed by atoms with Gasteiger partial charge in [0.2, 0.25) is 11.6 Å². The Labute approximate surface area is 167 Å². The van der Waals surface area contributed by atoms with Gasteiger partial charge in [-0.2, -0.15) is 0 Å². The maximum atomic E-state index is 12.7. The summed E-state index contributed by atoms with van der Waals surface area (Å²) >= 11 is 0. The molecule has 1 aromatic heterocycles. The number of alkyl carbamates (subject to hydrolysis) is 1. The summed E-state index contributed by atoms with van der Waals surface area (Å²) in [6.07, 6.45) is 0.454. The summed E-state index contributed by atoms with van der Waals surface area (Å²) in [5, 5.41) is 6.30. The van der Waals surface area contributed by atoms with Gasteiger partial charge in [0.1, 0.15) is 6.61 Å². The minimum Gasteiger partial charge on any atom is -0.450 e. The first kappa shape index (κ1) is 23.9. The lowest BCUT2D eigenvalue weighted by Crippen LogP contribution is -2.42. The van der Waals surface area contributed by atoms with Gasteiger partial charge in [0.05, 0.1) is 12.6 Å². The molecule has 0 saturated carbocycles. The number of likely N-dealkylation sites (N-methyl/N-ethyl adjacent to an activating group) is 1. The van der Waals surface area contributed by atoms with Crippen LogP contribution < -0.4 is 10.1 Å². The van der Waals surface area contributed by atoms with Crippen LogP contribution >= 0.6 is 0 Å². The van der Waals surface area contributed by atoms with E-state index in [0.29, 0.717) is 19.6 Å². The van der Waals surface area contributed by atoms with Crippen LogP contribution in [0.3, 0.4) is 0 Å². The Morgan fingerprint density at radius 2 is 1.89 bits per heavy atom. The van der Waals surface area contributed by atoms with Crippen molar-refractivity contribution in [2.75, 3.05) is 33.9 Å². The van der Waals surface area contributed by atoms with Crippen LogP contribution in [0.1, 0.15) is 58.1 Å². The Bertz CT molecular complexity index is 622. The minimum absolute atomic E-state index is 0.0566. The van der Waals surface area contributed by atoms with Crippen LogP contribution in [0.15, 0.2) is 4.52 Å². The fourth-order valence-corrected chi connectivity index (χ4v) is 2.18.